The molecule has 2 rings (SSSR count). The molecule has 100 valence electrons. The molecule has 1 aliphatic rings. The molecule has 0 radical (unpaired) electrons. The maximum absolute atomic E-state index is 12.0. The van der Waals surface area contributed by atoms with Crippen LogP contribution in [0, 0.1) is 0 Å². The Hall–Kier alpha value is -1.36. The standard InChI is InChI=1S/C13H18F2N2O/c14-13(15)18-12-7-5-11(6-8-12)17-10-3-1-9(16)2-4-10/h5-10,13,17H,1-4,16H2. The Morgan fingerprint density at radius 2 is 1.72 bits per heavy atom. The van der Waals surface area contributed by atoms with Gasteiger partial charge in [-0.15, -0.1) is 0 Å². The molecule has 0 unspecified atom stereocenters. The number of hydrogen-bond donors (Lipinski definition) is 2. The fourth-order valence-corrected chi connectivity index (χ4v) is 2.23. The minimum atomic E-state index is -2.77. The van der Waals surface area contributed by atoms with Gasteiger partial charge >= 0.3 is 6.61 Å². The van der Waals surface area contributed by atoms with Gasteiger partial charge in [0.1, 0.15) is 5.75 Å². The van der Waals surface area contributed by atoms with Gasteiger partial charge in [0.2, 0.25) is 0 Å². The largest absolute Gasteiger partial charge is 0.435 e. The van der Waals surface area contributed by atoms with E-state index in [9.17, 15) is 8.78 Å². The van der Waals surface area contributed by atoms with Crippen LogP contribution in [0.2, 0.25) is 0 Å². The minimum absolute atomic E-state index is 0.182. The molecule has 1 saturated carbocycles. The van der Waals surface area contributed by atoms with E-state index in [1.807, 2.05) is 0 Å². The molecule has 1 aromatic rings. The molecule has 5 heteroatoms. The first-order chi connectivity index (χ1) is 8.63. The van der Waals surface area contributed by atoms with Crippen molar-refractivity contribution < 1.29 is 13.5 Å². The average Bonchev–Trinajstić information content (AvgIpc) is 2.34. The monoisotopic (exact) mass is 256 g/mol. The van der Waals surface area contributed by atoms with Crippen LogP contribution in [0.5, 0.6) is 5.75 Å². The Balaban J connectivity index is 1.86. The fourth-order valence-electron chi connectivity index (χ4n) is 2.23. The number of anilines is 1. The van der Waals surface area contributed by atoms with Gasteiger partial charge in [0.15, 0.2) is 0 Å². The number of nitrogens with two attached hydrogens (primary N) is 1. The molecule has 0 aliphatic heterocycles. The van der Waals surface area contributed by atoms with Gasteiger partial charge in [-0.2, -0.15) is 8.78 Å². The third-order valence-corrected chi connectivity index (χ3v) is 3.22. The third-order valence-electron chi connectivity index (χ3n) is 3.22. The number of hydrogen-bond acceptors (Lipinski definition) is 3. The molecule has 0 saturated heterocycles. The van der Waals surface area contributed by atoms with E-state index in [0.29, 0.717) is 12.1 Å². The second kappa shape index (κ2) is 6.00. The number of ether oxygens (including phenoxy) is 1. The number of nitrogens with one attached hydrogen (secondary N) is 1. The van der Waals surface area contributed by atoms with Gasteiger partial charge in [-0.25, -0.2) is 0 Å². The summed E-state index contributed by atoms with van der Waals surface area (Å²) >= 11 is 0. The summed E-state index contributed by atoms with van der Waals surface area (Å²) in [7, 11) is 0. The Kier molecular flexibility index (Phi) is 4.36. The highest BCUT2D eigenvalue weighted by Crippen LogP contribution is 2.23. The van der Waals surface area contributed by atoms with Gasteiger partial charge in [0.25, 0.3) is 0 Å². The summed E-state index contributed by atoms with van der Waals surface area (Å²) in [4.78, 5) is 0. The lowest BCUT2D eigenvalue weighted by atomic mass is 9.92. The first-order valence-corrected chi connectivity index (χ1v) is 6.20. The van der Waals surface area contributed by atoms with E-state index in [-0.39, 0.29) is 5.75 Å². The molecule has 0 bridgehead atoms. The van der Waals surface area contributed by atoms with Crippen LogP contribution in [0.15, 0.2) is 24.3 Å². The van der Waals surface area contributed by atoms with E-state index in [0.717, 1.165) is 31.4 Å². The van der Waals surface area contributed by atoms with Crippen LogP contribution in [0.1, 0.15) is 25.7 Å². The van der Waals surface area contributed by atoms with Gasteiger partial charge in [-0.3, -0.25) is 0 Å². The highest BCUT2D eigenvalue weighted by atomic mass is 19.3. The zero-order valence-corrected chi connectivity index (χ0v) is 10.1. The van der Waals surface area contributed by atoms with Crippen LogP contribution in [0.25, 0.3) is 0 Å². The molecule has 1 aromatic carbocycles. The third kappa shape index (κ3) is 3.84. The number of alkyl halides is 2. The zero-order chi connectivity index (χ0) is 13.0. The first-order valence-electron chi connectivity index (χ1n) is 6.20. The number of rotatable bonds is 4. The van der Waals surface area contributed by atoms with Gasteiger partial charge in [-0.1, -0.05) is 0 Å². The minimum Gasteiger partial charge on any atom is -0.435 e. The molecular weight excluding hydrogens is 238 g/mol. The molecule has 18 heavy (non-hydrogen) atoms. The predicted octanol–water partition coefficient (Wildman–Crippen LogP) is 2.97. The van der Waals surface area contributed by atoms with Gasteiger partial charge in [0.05, 0.1) is 0 Å². The van der Waals surface area contributed by atoms with Gasteiger partial charge in [-0.05, 0) is 49.9 Å². The molecule has 3 nitrogen and oxygen atoms in total. The van der Waals surface area contributed by atoms with Crippen molar-refractivity contribution in [3.05, 3.63) is 24.3 Å². The van der Waals surface area contributed by atoms with Crippen molar-refractivity contribution in [2.75, 3.05) is 5.32 Å². The Bertz CT molecular complexity index is 362. The maximum Gasteiger partial charge on any atom is 0.387 e. The van der Waals surface area contributed by atoms with Crippen LogP contribution in [0.3, 0.4) is 0 Å². The normalized spacial score (nSPS) is 24.0. The van der Waals surface area contributed by atoms with Gasteiger partial charge < -0.3 is 15.8 Å². The van der Waals surface area contributed by atoms with E-state index in [4.69, 9.17) is 5.73 Å². The second-order valence-corrected chi connectivity index (χ2v) is 4.66. The lowest BCUT2D eigenvalue weighted by Crippen LogP contribution is -2.32. The number of benzene rings is 1. The molecule has 0 amide bonds. The van der Waals surface area contributed by atoms with Crippen molar-refractivity contribution in [3.8, 4) is 5.75 Å². The van der Waals surface area contributed by atoms with Crippen molar-refractivity contribution in [1.82, 2.24) is 0 Å². The van der Waals surface area contributed by atoms with Crippen LogP contribution in [0.4, 0.5) is 14.5 Å². The highest BCUT2D eigenvalue weighted by molar-refractivity contribution is 5.47. The lowest BCUT2D eigenvalue weighted by Gasteiger charge is -2.27. The summed E-state index contributed by atoms with van der Waals surface area (Å²) < 4.78 is 28.3. The van der Waals surface area contributed by atoms with E-state index in [1.165, 1.54) is 0 Å². The van der Waals surface area contributed by atoms with E-state index < -0.39 is 6.61 Å². The quantitative estimate of drug-likeness (QED) is 0.870. The van der Waals surface area contributed by atoms with Crippen LogP contribution < -0.4 is 15.8 Å². The molecule has 0 aromatic heterocycles. The molecule has 0 spiro atoms. The molecule has 1 aliphatic carbocycles. The summed E-state index contributed by atoms with van der Waals surface area (Å²) in [5.74, 6) is 0.182. The highest BCUT2D eigenvalue weighted by Gasteiger charge is 2.18. The molecule has 3 N–H and O–H groups in total. The Morgan fingerprint density at radius 3 is 2.28 bits per heavy atom. The van der Waals surface area contributed by atoms with E-state index in [1.54, 1.807) is 24.3 Å². The van der Waals surface area contributed by atoms with Crippen molar-refractivity contribution >= 4 is 5.69 Å². The Morgan fingerprint density at radius 1 is 1.11 bits per heavy atom. The number of halogens is 2. The summed E-state index contributed by atoms with van der Waals surface area (Å²) in [6.45, 7) is -2.77. The predicted molar refractivity (Wildman–Crippen MR) is 66.9 cm³/mol. The van der Waals surface area contributed by atoms with Crippen molar-refractivity contribution in [2.45, 2.75) is 44.4 Å². The molecule has 0 heterocycles. The van der Waals surface area contributed by atoms with Crippen molar-refractivity contribution in [1.29, 1.82) is 0 Å². The molecular formula is C13H18F2N2O. The van der Waals surface area contributed by atoms with Crippen LogP contribution in [-0.4, -0.2) is 18.7 Å². The van der Waals surface area contributed by atoms with Crippen LogP contribution in [-0.2, 0) is 0 Å². The van der Waals surface area contributed by atoms with Crippen LogP contribution >= 0.6 is 0 Å². The first kappa shape index (κ1) is 13.1. The fraction of sp³-hybridized carbons (Fsp3) is 0.538. The maximum atomic E-state index is 12.0. The summed E-state index contributed by atoms with van der Waals surface area (Å²) in [6.07, 6.45) is 4.17. The van der Waals surface area contributed by atoms with Crippen molar-refractivity contribution in [3.63, 3.8) is 0 Å². The smallest absolute Gasteiger partial charge is 0.387 e. The topological polar surface area (TPSA) is 47.3 Å². The summed E-state index contributed by atoms with van der Waals surface area (Å²) in [6, 6.07) is 7.35. The molecule has 0 atom stereocenters. The lowest BCUT2D eigenvalue weighted by molar-refractivity contribution is -0.0498. The van der Waals surface area contributed by atoms with E-state index >= 15 is 0 Å². The Labute approximate surface area is 105 Å². The summed E-state index contributed by atoms with van der Waals surface area (Å²) in [5, 5.41) is 3.38. The summed E-state index contributed by atoms with van der Waals surface area (Å²) in [5.41, 5.74) is 6.77. The zero-order valence-electron chi connectivity index (χ0n) is 10.1. The van der Waals surface area contributed by atoms with Crippen molar-refractivity contribution in [2.24, 2.45) is 5.73 Å². The SMILES string of the molecule is NC1CCC(Nc2ccc(OC(F)F)cc2)CC1. The van der Waals surface area contributed by atoms with E-state index in [2.05, 4.69) is 10.1 Å². The molecule has 1 fully saturated rings. The second-order valence-electron chi connectivity index (χ2n) is 4.66. The van der Waals surface area contributed by atoms with Gasteiger partial charge in [0, 0.05) is 17.8 Å². The average molecular weight is 256 g/mol.